The summed E-state index contributed by atoms with van der Waals surface area (Å²) in [5.41, 5.74) is -0.791. The molecule has 0 N–H and O–H groups in total. The van der Waals surface area contributed by atoms with Crippen molar-refractivity contribution in [2.45, 2.75) is 45.5 Å². The fraction of sp³-hybridized carbons (Fsp3) is 0.600. The number of benzene rings is 1. The van der Waals surface area contributed by atoms with E-state index in [1.165, 1.54) is 36.0 Å². The summed E-state index contributed by atoms with van der Waals surface area (Å²) in [6, 6.07) is 5.27. The van der Waals surface area contributed by atoms with Crippen LogP contribution < -0.4 is 0 Å². The SMILES string of the molecule is CCOC(=O)C(C(SCC(=O)c1ccc(F)cc1)C(C)C)P(=O)(OCC)OCC. The third-order valence-corrected chi connectivity index (χ3v) is 8.31. The largest absolute Gasteiger partial charge is 0.465 e. The van der Waals surface area contributed by atoms with Crippen molar-refractivity contribution < 1.29 is 32.3 Å². The third-order valence-electron chi connectivity index (χ3n) is 4.03. The highest BCUT2D eigenvalue weighted by Gasteiger charge is 2.48. The van der Waals surface area contributed by atoms with Crippen LogP contribution in [0.4, 0.5) is 4.39 Å². The molecule has 0 aromatic heterocycles. The molecule has 2 atom stereocenters. The van der Waals surface area contributed by atoms with Crippen molar-refractivity contribution in [2.24, 2.45) is 5.92 Å². The van der Waals surface area contributed by atoms with E-state index in [1.807, 2.05) is 13.8 Å². The summed E-state index contributed by atoms with van der Waals surface area (Å²) in [7, 11) is -3.82. The number of halogens is 1. The van der Waals surface area contributed by atoms with Gasteiger partial charge in [0.1, 0.15) is 5.82 Å². The number of thioether (sulfide) groups is 1. The second-order valence-corrected chi connectivity index (χ2v) is 9.84. The summed E-state index contributed by atoms with van der Waals surface area (Å²) < 4.78 is 42.6. The number of carbonyl (C=O) groups is 2. The standard InChI is InChI=1S/C20H30FO6PS/c1-6-25-20(23)18(28(24,26-7-2)27-8-3)19(14(4)5)29-13-17(22)15-9-11-16(21)12-10-15/h9-12,14,18-19H,6-8,13H2,1-5H3. The van der Waals surface area contributed by atoms with Gasteiger partial charge in [-0.1, -0.05) is 13.8 Å². The third kappa shape index (κ3) is 7.52. The van der Waals surface area contributed by atoms with E-state index in [4.69, 9.17) is 13.8 Å². The van der Waals surface area contributed by atoms with Gasteiger partial charge in [0, 0.05) is 10.8 Å². The van der Waals surface area contributed by atoms with Crippen molar-refractivity contribution in [3.8, 4) is 0 Å². The average Bonchev–Trinajstić information content (AvgIpc) is 2.65. The average molecular weight is 448 g/mol. The Kier molecular flexibility index (Phi) is 11.1. The molecule has 0 saturated carbocycles. The molecule has 0 heterocycles. The van der Waals surface area contributed by atoms with E-state index >= 15 is 0 Å². The number of ketones is 1. The number of ether oxygens (including phenoxy) is 1. The number of Topliss-reactive ketones (excluding diaryl/α,β-unsaturated/α-hetero) is 1. The quantitative estimate of drug-likeness (QED) is 0.240. The van der Waals surface area contributed by atoms with Crippen LogP contribution in [0, 0.1) is 11.7 Å². The van der Waals surface area contributed by atoms with E-state index < -0.39 is 30.3 Å². The first-order valence-corrected chi connectivity index (χ1v) is 12.3. The zero-order valence-corrected chi connectivity index (χ0v) is 19.3. The van der Waals surface area contributed by atoms with E-state index in [-0.39, 0.29) is 37.3 Å². The molecule has 0 spiro atoms. The highest BCUT2D eigenvalue weighted by molar-refractivity contribution is 8.01. The van der Waals surface area contributed by atoms with Crippen LogP contribution in [-0.4, -0.2) is 48.2 Å². The number of carbonyl (C=O) groups excluding carboxylic acids is 2. The lowest BCUT2D eigenvalue weighted by molar-refractivity contribution is -0.143. The minimum Gasteiger partial charge on any atom is -0.465 e. The predicted molar refractivity (Wildman–Crippen MR) is 113 cm³/mol. The summed E-state index contributed by atoms with van der Waals surface area (Å²) >= 11 is 1.20. The maximum atomic E-state index is 13.4. The number of esters is 1. The summed E-state index contributed by atoms with van der Waals surface area (Å²) in [6.45, 7) is 9.08. The number of rotatable bonds is 13. The summed E-state index contributed by atoms with van der Waals surface area (Å²) in [4.78, 5) is 25.3. The summed E-state index contributed by atoms with van der Waals surface area (Å²) in [5, 5.41) is -0.539. The fourth-order valence-electron chi connectivity index (χ4n) is 2.77. The Morgan fingerprint density at radius 1 is 1.03 bits per heavy atom. The molecule has 9 heteroatoms. The fourth-order valence-corrected chi connectivity index (χ4v) is 6.81. The molecule has 0 aliphatic heterocycles. The lowest BCUT2D eigenvalue weighted by atomic mass is 10.1. The summed E-state index contributed by atoms with van der Waals surface area (Å²) in [6.07, 6.45) is 0. The Labute approximate surface area is 176 Å². The first-order valence-electron chi connectivity index (χ1n) is 9.65. The molecule has 2 unspecified atom stereocenters. The van der Waals surface area contributed by atoms with Gasteiger partial charge in [-0.25, -0.2) is 4.39 Å². The van der Waals surface area contributed by atoms with Crippen molar-refractivity contribution in [3.05, 3.63) is 35.6 Å². The van der Waals surface area contributed by atoms with E-state index in [0.717, 1.165) is 0 Å². The lowest BCUT2D eigenvalue weighted by Gasteiger charge is -2.32. The van der Waals surface area contributed by atoms with Gasteiger partial charge < -0.3 is 13.8 Å². The summed E-state index contributed by atoms with van der Waals surface area (Å²) in [5.74, 6) is -1.40. The minimum absolute atomic E-state index is 0.0304. The van der Waals surface area contributed by atoms with E-state index in [0.29, 0.717) is 5.56 Å². The lowest BCUT2D eigenvalue weighted by Crippen LogP contribution is -2.38. The molecule has 6 nitrogen and oxygen atoms in total. The van der Waals surface area contributed by atoms with Gasteiger partial charge in [0.25, 0.3) is 0 Å². The normalized spacial score (nSPS) is 13.9. The van der Waals surface area contributed by atoms with Crippen molar-refractivity contribution in [1.82, 2.24) is 0 Å². The highest BCUT2D eigenvalue weighted by Crippen LogP contribution is 2.57. The van der Waals surface area contributed by atoms with Gasteiger partial charge in [0.2, 0.25) is 0 Å². The maximum Gasteiger partial charge on any atom is 0.346 e. The van der Waals surface area contributed by atoms with Crippen LogP contribution in [-0.2, 0) is 23.1 Å². The van der Waals surface area contributed by atoms with Crippen LogP contribution >= 0.6 is 19.4 Å². The van der Waals surface area contributed by atoms with E-state index in [2.05, 4.69) is 0 Å². The zero-order chi connectivity index (χ0) is 22.0. The molecule has 1 aromatic carbocycles. The van der Waals surface area contributed by atoms with Gasteiger partial charge >= 0.3 is 13.6 Å². The molecule has 0 bridgehead atoms. The Balaban J connectivity index is 3.14. The van der Waals surface area contributed by atoms with Gasteiger partial charge in [-0.2, -0.15) is 0 Å². The Hall–Kier alpha value is -1.21. The molecular weight excluding hydrogens is 418 g/mol. The molecule has 1 rings (SSSR count). The van der Waals surface area contributed by atoms with Crippen LogP contribution in [0.25, 0.3) is 0 Å². The molecule has 164 valence electrons. The van der Waals surface area contributed by atoms with Crippen LogP contribution in [0.2, 0.25) is 0 Å². The second kappa shape index (κ2) is 12.5. The topological polar surface area (TPSA) is 78.9 Å². The predicted octanol–water partition coefficient (Wildman–Crippen LogP) is 4.96. The molecule has 0 saturated heterocycles. The molecule has 0 aliphatic rings. The maximum absolute atomic E-state index is 13.4. The second-order valence-electron chi connectivity index (χ2n) is 6.52. The monoisotopic (exact) mass is 448 g/mol. The van der Waals surface area contributed by atoms with Crippen LogP contribution in [0.15, 0.2) is 24.3 Å². The van der Waals surface area contributed by atoms with Gasteiger partial charge in [0.15, 0.2) is 11.4 Å². The molecule has 29 heavy (non-hydrogen) atoms. The van der Waals surface area contributed by atoms with Crippen LogP contribution in [0.1, 0.15) is 45.0 Å². The molecule has 1 aromatic rings. The van der Waals surface area contributed by atoms with Gasteiger partial charge in [-0.15, -0.1) is 11.8 Å². The molecular formula is C20H30FO6PS. The first-order chi connectivity index (χ1) is 13.7. The molecule has 0 aliphatic carbocycles. The van der Waals surface area contributed by atoms with Crippen molar-refractivity contribution in [2.75, 3.05) is 25.6 Å². The van der Waals surface area contributed by atoms with Crippen molar-refractivity contribution in [3.63, 3.8) is 0 Å². The molecule has 0 amide bonds. The van der Waals surface area contributed by atoms with Crippen molar-refractivity contribution >= 4 is 31.1 Å². The van der Waals surface area contributed by atoms with Crippen molar-refractivity contribution in [1.29, 1.82) is 0 Å². The Bertz CT molecular complexity index is 699. The highest BCUT2D eigenvalue weighted by atomic mass is 32.2. The minimum atomic E-state index is -3.82. The molecule has 0 fully saturated rings. The van der Waals surface area contributed by atoms with Gasteiger partial charge in [-0.05, 0) is 51.0 Å². The van der Waals surface area contributed by atoms with Gasteiger partial charge in [-0.3, -0.25) is 14.2 Å². The Morgan fingerprint density at radius 3 is 2.03 bits per heavy atom. The number of hydrogen-bond donors (Lipinski definition) is 0. The van der Waals surface area contributed by atoms with E-state index in [9.17, 15) is 18.5 Å². The number of hydrogen-bond acceptors (Lipinski definition) is 7. The van der Waals surface area contributed by atoms with Crippen LogP contribution in [0.5, 0.6) is 0 Å². The van der Waals surface area contributed by atoms with E-state index in [1.54, 1.807) is 20.8 Å². The van der Waals surface area contributed by atoms with Gasteiger partial charge in [0.05, 0.1) is 25.6 Å². The zero-order valence-electron chi connectivity index (χ0n) is 17.6. The first kappa shape index (κ1) is 25.8. The smallest absolute Gasteiger partial charge is 0.346 e. The van der Waals surface area contributed by atoms with Crippen LogP contribution in [0.3, 0.4) is 0 Å². The molecule has 0 radical (unpaired) electrons. The Morgan fingerprint density at radius 2 is 1.59 bits per heavy atom.